The topological polar surface area (TPSA) is 105 Å². The first kappa shape index (κ1) is 17.5. The Labute approximate surface area is 160 Å². The van der Waals surface area contributed by atoms with Gasteiger partial charge in [-0.25, -0.2) is 24.8 Å². The maximum absolute atomic E-state index is 12.5. The quantitative estimate of drug-likeness (QED) is 0.653. The van der Waals surface area contributed by atoms with Crippen molar-refractivity contribution in [2.24, 2.45) is 5.10 Å². The van der Waals surface area contributed by atoms with Crippen LogP contribution in [-0.4, -0.2) is 40.8 Å². The molecule has 0 radical (unpaired) electrons. The van der Waals surface area contributed by atoms with Crippen LogP contribution in [0.3, 0.4) is 0 Å². The van der Waals surface area contributed by atoms with Crippen LogP contribution in [0.1, 0.15) is 18.4 Å². The number of hydrogen-bond donors (Lipinski definition) is 1. The predicted molar refractivity (Wildman–Crippen MR) is 107 cm³/mol. The predicted octanol–water partition coefficient (Wildman–Crippen LogP) is 0.345. The summed E-state index contributed by atoms with van der Waals surface area (Å²) in [5, 5.41) is 16.5. The molecule has 1 aliphatic heterocycles. The first-order valence-corrected chi connectivity index (χ1v) is 8.83. The molecule has 0 saturated carbocycles. The maximum atomic E-state index is 12.5. The van der Waals surface area contributed by atoms with Crippen molar-refractivity contribution >= 4 is 54.7 Å². The molecule has 0 amide bonds. The second-order valence-corrected chi connectivity index (χ2v) is 6.60. The van der Waals surface area contributed by atoms with Gasteiger partial charge in [0.05, 0.1) is 15.9 Å². The van der Waals surface area contributed by atoms with Crippen molar-refractivity contribution in [1.29, 1.82) is 0 Å². The second kappa shape index (κ2) is 6.70. The summed E-state index contributed by atoms with van der Waals surface area (Å²) in [5.41, 5.74) is 1.16. The highest BCUT2D eigenvalue weighted by Crippen LogP contribution is 2.36. The minimum absolute atomic E-state index is 0.181. The summed E-state index contributed by atoms with van der Waals surface area (Å²) in [6.07, 6.45) is 2.16. The van der Waals surface area contributed by atoms with Gasteiger partial charge in [0.15, 0.2) is 20.9 Å². The van der Waals surface area contributed by atoms with Crippen LogP contribution in [0.5, 0.6) is 5.88 Å². The molecule has 1 unspecified atom stereocenters. The molecule has 0 saturated heterocycles. The van der Waals surface area contributed by atoms with Crippen molar-refractivity contribution in [2.45, 2.75) is 19.3 Å². The summed E-state index contributed by atoms with van der Waals surface area (Å²) in [6.45, 7) is 2.00. The number of fused-ring (bicyclic) bond motifs is 1. The number of rotatable bonds is 3. The molecule has 4 rings (SSSR count). The summed E-state index contributed by atoms with van der Waals surface area (Å²) in [5.74, 6) is 0.427. The van der Waals surface area contributed by atoms with Crippen LogP contribution in [0.15, 0.2) is 38.7 Å². The SMILES string of the molecule is Bc1nc(O)cc2c(=O)oc(C3CC(BC)=NN3c3ncccc3Cl)nc12. The normalized spacial score (nSPS) is 16.6. The highest BCUT2D eigenvalue weighted by molar-refractivity contribution is 6.74. The fourth-order valence-electron chi connectivity index (χ4n) is 3.09. The fourth-order valence-corrected chi connectivity index (χ4v) is 3.30. The van der Waals surface area contributed by atoms with E-state index in [0.717, 1.165) is 12.9 Å². The molecule has 11 heteroatoms. The van der Waals surface area contributed by atoms with Crippen LogP contribution >= 0.6 is 11.6 Å². The van der Waals surface area contributed by atoms with E-state index in [0.29, 0.717) is 28.4 Å². The van der Waals surface area contributed by atoms with Crippen LogP contribution in [0.25, 0.3) is 10.9 Å². The fraction of sp³-hybridized carbons (Fsp3) is 0.188. The van der Waals surface area contributed by atoms with Crippen molar-refractivity contribution < 1.29 is 9.52 Å². The summed E-state index contributed by atoms with van der Waals surface area (Å²) in [7, 11) is 2.41. The molecule has 1 aliphatic rings. The molecule has 3 aromatic rings. The monoisotopic (exact) mass is 381 g/mol. The second-order valence-electron chi connectivity index (χ2n) is 6.19. The van der Waals surface area contributed by atoms with E-state index in [1.807, 2.05) is 6.82 Å². The Morgan fingerprint density at radius 2 is 2.26 bits per heavy atom. The van der Waals surface area contributed by atoms with Crippen molar-refractivity contribution in [3.63, 3.8) is 0 Å². The van der Waals surface area contributed by atoms with E-state index in [-0.39, 0.29) is 17.2 Å². The number of halogens is 1. The van der Waals surface area contributed by atoms with Gasteiger partial charge in [-0.3, -0.25) is 0 Å². The number of hydrogen-bond acceptors (Lipinski definition) is 8. The molecule has 0 spiro atoms. The maximum Gasteiger partial charge on any atom is 0.347 e. The molecule has 27 heavy (non-hydrogen) atoms. The van der Waals surface area contributed by atoms with E-state index in [1.165, 1.54) is 6.07 Å². The lowest BCUT2D eigenvalue weighted by Gasteiger charge is -2.21. The Morgan fingerprint density at radius 3 is 3.00 bits per heavy atom. The van der Waals surface area contributed by atoms with Gasteiger partial charge in [-0.1, -0.05) is 18.4 Å². The number of pyridine rings is 2. The van der Waals surface area contributed by atoms with Gasteiger partial charge in [0, 0.05) is 29.9 Å². The van der Waals surface area contributed by atoms with Crippen LogP contribution in [0, 0.1) is 0 Å². The summed E-state index contributed by atoms with van der Waals surface area (Å²) in [4.78, 5) is 25.3. The Bertz CT molecular complexity index is 1140. The van der Waals surface area contributed by atoms with E-state index in [4.69, 9.17) is 16.0 Å². The van der Waals surface area contributed by atoms with Crippen molar-refractivity contribution in [2.75, 3.05) is 5.01 Å². The van der Waals surface area contributed by atoms with Crippen LogP contribution in [-0.2, 0) is 0 Å². The molecule has 8 nitrogen and oxygen atoms in total. The number of aromatic hydroxyl groups is 1. The Hall–Kier alpha value is -2.87. The van der Waals surface area contributed by atoms with E-state index in [9.17, 15) is 9.90 Å². The molecule has 0 bridgehead atoms. The van der Waals surface area contributed by atoms with Crippen LogP contribution < -0.4 is 16.2 Å². The molecule has 1 N–H and O–H groups in total. The minimum Gasteiger partial charge on any atom is -0.493 e. The van der Waals surface area contributed by atoms with E-state index in [2.05, 4.69) is 20.1 Å². The number of aromatic nitrogens is 3. The Kier molecular flexibility index (Phi) is 4.35. The van der Waals surface area contributed by atoms with Crippen molar-refractivity contribution in [3.8, 4) is 5.88 Å². The Morgan fingerprint density at radius 1 is 1.44 bits per heavy atom. The first-order chi connectivity index (χ1) is 13.0. The van der Waals surface area contributed by atoms with Gasteiger partial charge in [0.1, 0.15) is 6.04 Å². The third-order valence-electron chi connectivity index (χ3n) is 4.42. The Balaban J connectivity index is 1.87. The lowest BCUT2D eigenvalue weighted by atomic mass is 9.73. The van der Waals surface area contributed by atoms with Gasteiger partial charge in [0.2, 0.25) is 11.8 Å². The third-order valence-corrected chi connectivity index (χ3v) is 4.71. The van der Waals surface area contributed by atoms with Gasteiger partial charge < -0.3 is 9.52 Å². The number of hydrazone groups is 1. The zero-order valence-corrected chi connectivity index (χ0v) is 15.4. The lowest BCUT2D eigenvalue weighted by molar-refractivity contribution is 0.406. The van der Waals surface area contributed by atoms with Gasteiger partial charge >= 0.3 is 5.63 Å². The lowest BCUT2D eigenvalue weighted by Crippen LogP contribution is -2.24. The molecule has 0 aliphatic carbocycles. The number of nitrogens with zero attached hydrogens (tertiary/aromatic N) is 5. The van der Waals surface area contributed by atoms with Crippen molar-refractivity contribution in [1.82, 2.24) is 15.0 Å². The van der Waals surface area contributed by atoms with E-state index >= 15 is 0 Å². The molecule has 134 valence electrons. The zero-order valence-electron chi connectivity index (χ0n) is 14.7. The van der Waals surface area contributed by atoms with Crippen LogP contribution in [0.4, 0.5) is 5.82 Å². The smallest absolute Gasteiger partial charge is 0.347 e. The van der Waals surface area contributed by atoms with Gasteiger partial charge in [-0.2, -0.15) is 5.10 Å². The van der Waals surface area contributed by atoms with E-state index < -0.39 is 11.7 Å². The van der Waals surface area contributed by atoms with Gasteiger partial charge in [-0.15, -0.1) is 0 Å². The molecule has 0 fully saturated rings. The van der Waals surface area contributed by atoms with Gasteiger partial charge in [-0.05, 0) is 12.1 Å². The largest absolute Gasteiger partial charge is 0.493 e. The van der Waals surface area contributed by atoms with E-state index in [1.54, 1.807) is 31.2 Å². The highest BCUT2D eigenvalue weighted by Gasteiger charge is 2.34. The minimum atomic E-state index is -0.590. The summed E-state index contributed by atoms with van der Waals surface area (Å²) < 4.78 is 5.48. The summed E-state index contributed by atoms with van der Waals surface area (Å²) >= 11 is 6.29. The molecule has 1 atom stereocenters. The molecular formula is C16H14B2ClN5O3. The molecular weight excluding hydrogens is 367 g/mol. The molecule has 0 aromatic carbocycles. The average Bonchev–Trinajstić information content (AvgIpc) is 3.07. The zero-order chi connectivity index (χ0) is 19.1. The van der Waals surface area contributed by atoms with Crippen molar-refractivity contribution in [3.05, 3.63) is 45.7 Å². The van der Waals surface area contributed by atoms with Gasteiger partial charge in [0.25, 0.3) is 0 Å². The standard InChI is InChI=1S/C16H14B2ClN5O3/c1-18-10-6-9(24(23-10)14-8(19)3-2-4-20-14)15-22-12-7(16(26)27-15)5-11(25)21-13(12)17/h2-5,9,18H,6,17H2,1H3,(H,21,25). The average molecular weight is 381 g/mol. The summed E-state index contributed by atoms with van der Waals surface area (Å²) in [6, 6.07) is 4.26. The molecule has 3 aromatic heterocycles. The molecule has 4 heterocycles. The van der Waals surface area contributed by atoms with Crippen LogP contribution in [0.2, 0.25) is 11.8 Å². The third kappa shape index (κ3) is 3.06. The highest BCUT2D eigenvalue weighted by atomic mass is 35.5. The number of anilines is 1. The first-order valence-electron chi connectivity index (χ1n) is 8.45.